The maximum Gasteiger partial charge on any atom is 0.224 e. The van der Waals surface area contributed by atoms with Crippen molar-refractivity contribution in [3.05, 3.63) is 0 Å². The van der Waals surface area contributed by atoms with Crippen LogP contribution in [0.4, 0.5) is 0 Å². The molecule has 0 radical (unpaired) electrons. The molecular weight excluding hydrogens is 196 g/mol. The van der Waals surface area contributed by atoms with Crippen molar-refractivity contribution in [2.24, 2.45) is 5.92 Å². The van der Waals surface area contributed by atoms with Gasteiger partial charge in [-0.15, -0.1) is 0 Å². The van der Waals surface area contributed by atoms with Gasteiger partial charge in [0.2, 0.25) is 5.91 Å². The summed E-state index contributed by atoms with van der Waals surface area (Å²) in [6.07, 6.45) is 3.50. The second-order valence-corrected chi connectivity index (χ2v) is 4.69. The smallest absolute Gasteiger partial charge is 0.224 e. The summed E-state index contributed by atoms with van der Waals surface area (Å²) in [5.74, 6) is 1.13. The van der Waals surface area contributed by atoms with Crippen LogP contribution in [0.5, 0.6) is 0 Å². The number of likely N-dealkylation sites (tertiary alicyclic amines) is 1. The average Bonchev–Trinajstić information content (AvgIpc) is 2.56. The van der Waals surface area contributed by atoms with Crippen LogP contribution in [0.2, 0.25) is 0 Å². The minimum absolute atomic E-state index is 0.0840. The van der Waals surface area contributed by atoms with E-state index in [4.69, 9.17) is 5.26 Å². The molecule has 0 aromatic heterocycles. The third kappa shape index (κ3) is 2.65. The van der Waals surface area contributed by atoms with Crippen molar-refractivity contribution < 1.29 is 4.79 Å². The van der Waals surface area contributed by atoms with Crippen molar-refractivity contribution in [1.82, 2.24) is 4.90 Å². The van der Waals surface area contributed by atoms with Gasteiger partial charge in [-0.2, -0.15) is 17.0 Å². The van der Waals surface area contributed by atoms with Crippen molar-refractivity contribution >= 4 is 17.7 Å². The van der Waals surface area contributed by atoms with Gasteiger partial charge in [-0.05, 0) is 25.4 Å². The van der Waals surface area contributed by atoms with Crippen molar-refractivity contribution in [2.45, 2.75) is 25.8 Å². The molecule has 1 heterocycles. The normalized spacial score (nSPS) is 23.6. The van der Waals surface area contributed by atoms with Crippen molar-refractivity contribution in [3.8, 4) is 6.07 Å². The minimum atomic E-state index is -0.0840. The molecule has 3 nitrogen and oxygen atoms in total. The lowest BCUT2D eigenvalue weighted by Gasteiger charge is -2.23. The molecular formula is C10H16N2OS. The number of hydrogen-bond donors (Lipinski definition) is 0. The van der Waals surface area contributed by atoms with Gasteiger partial charge in [0.1, 0.15) is 0 Å². The van der Waals surface area contributed by atoms with Crippen LogP contribution >= 0.6 is 11.8 Å². The van der Waals surface area contributed by atoms with E-state index in [1.165, 1.54) is 0 Å². The molecule has 0 bridgehead atoms. The molecule has 1 aliphatic heterocycles. The zero-order chi connectivity index (χ0) is 10.6. The molecule has 0 aliphatic carbocycles. The van der Waals surface area contributed by atoms with Gasteiger partial charge in [-0.3, -0.25) is 4.79 Å². The summed E-state index contributed by atoms with van der Waals surface area (Å²) in [4.78, 5) is 13.4. The molecule has 1 amide bonds. The van der Waals surface area contributed by atoms with E-state index in [0.717, 1.165) is 12.2 Å². The molecule has 1 fully saturated rings. The highest BCUT2D eigenvalue weighted by Gasteiger charge is 2.32. The van der Waals surface area contributed by atoms with Gasteiger partial charge in [0, 0.05) is 19.0 Å². The van der Waals surface area contributed by atoms with Gasteiger partial charge in [0.05, 0.1) is 12.0 Å². The number of carbonyl (C=O) groups is 1. The largest absolute Gasteiger partial charge is 0.339 e. The Labute approximate surface area is 89.5 Å². The van der Waals surface area contributed by atoms with Crippen molar-refractivity contribution in [1.29, 1.82) is 5.26 Å². The maximum atomic E-state index is 11.5. The van der Waals surface area contributed by atoms with Crippen LogP contribution in [0.15, 0.2) is 0 Å². The molecule has 1 aliphatic rings. The Morgan fingerprint density at radius 1 is 1.79 bits per heavy atom. The highest BCUT2D eigenvalue weighted by Crippen LogP contribution is 2.21. The second kappa shape index (κ2) is 5.26. The number of carbonyl (C=O) groups excluding carboxylic acids is 1. The molecule has 14 heavy (non-hydrogen) atoms. The monoisotopic (exact) mass is 212 g/mol. The summed E-state index contributed by atoms with van der Waals surface area (Å²) in [6, 6.07) is 2.45. The van der Waals surface area contributed by atoms with Crippen molar-refractivity contribution in [3.63, 3.8) is 0 Å². The van der Waals surface area contributed by atoms with Crippen LogP contribution in [0.3, 0.4) is 0 Å². The molecule has 0 spiro atoms. The van der Waals surface area contributed by atoms with Crippen LogP contribution in [0.1, 0.15) is 19.8 Å². The highest BCUT2D eigenvalue weighted by atomic mass is 32.2. The first-order valence-corrected chi connectivity index (χ1v) is 6.26. The molecule has 0 aromatic rings. The van der Waals surface area contributed by atoms with E-state index in [-0.39, 0.29) is 17.9 Å². The van der Waals surface area contributed by atoms with E-state index < -0.39 is 0 Å². The van der Waals surface area contributed by atoms with E-state index >= 15 is 0 Å². The van der Waals surface area contributed by atoms with Crippen LogP contribution in [0.25, 0.3) is 0 Å². The molecule has 0 N–H and O–H groups in total. The quantitative estimate of drug-likeness (QED) is 0.709. The number of amides is 1. The van der Waals surface area contributed by atoms with E-state index in [1.807, 2.05) is 4.90 Å². The zero-order valence-electron chi connectivity index (χ0n) is 8.69. The summed E-state index contributed by atoms with van der Waals surface area (Å²) in [7, 11) is 0. The molecule has 1 rings (SSSR count). The Morgan fingerprint density at radius 3 is 3.00 bits per heavy atom. The fourth-order valence-corrected chi connectivity index (χ4v) is 2.27. The Morgan fingerprint density at radius 2 is 2.50 bits per heavy atom. The lowest BCUT2D eigenvalue weighted by Crippen LogP contribution is -2.34. The van der Waals surface area contributed by atoms with E-state index in [1.54, 1.807) is 11.8 Å². The third-order valence-corrected chi connectivity index (χ3v) is 3.26. The standard InChI is InChI=1S/C10H16N2OS/c1-8(3-4-14-2)12-7-9(6-11)5-10(12)13/h8-9H,3-5,7H2,1-2H3. The SMILES string of the molecule is CSCCC(C)N1CC(C#N)CC1=O. The number of thioether (sulfide) groups is 1. The molecule has 0 aromatic carbocycles. The molecule has 78 valence electrons. The van der Waals surface area contributed by atoms with Crippen LogP contribution in [-0.4, -0.2) is 35.4 Å². The highest BCUT2D eigenvalue weighted by molar-refractivity contribution is 7.98. The molecule has 1 saturated heterocycles. The number of rotatable bonds is 4. The molecule has 0 saturated carbocycles. The van der Waals surface area contributed by atoms with E-state index in [2.05, 4.69) is 19.2 Å². The Balaban J connectivity index is 2.45. The van der Waals surface area contributed by atoms with Crippen molar-refractivity contribution in [2.75, 3.05) is 18.6 Å². The number of nitrogens with zero attached hydrogens (tertiary/aromatic N) is 2. The maximum absolute atomic E-state index is 11.5. The summed E-state index contributed by atoms with van der Waals surface area (Å²) in [5, 5.41) is 8.73. The van der Waals surface area contributed by atoms with Gasteiger partial charge in [-0.1, -0.05) is 0 Å². The lowest BCUT2D eigenvalue weighted by molar-refractivity contribution is -0.129. The zero-order valence-corrected chi connectivity index (χ0v) is 9.51. The first-order chi connectivity index (χ1) is 6.69. The molecule has 2 atom stereocenters. The minimum Gasteiger partial charge on any atom is -0.339 e. The Hall–Kier alpha value is -0.690. The van der Waals surface area contributed by atoms with Gasteiger partial charge in [0.25, 0.3) is 0 Å². The van der Waals surface area contributed by atoms with Gasteiger partial charge < -0.3 is 4.90 Å². The van der Waals surface area contributed by atoms with Gasteiger partial charge >= 0.3 is 0 Å². The van der Waals surface area contributed by atoms with E-state index in [0.29, 0.717) is 13.0 Å². The van der Waals surface area contributed by atoms with Crippen LogP contribution in [0, 0.1) is 17.2 Å². The molecule has 2 unspecified atom stereocenters. The second-order valence-electron chi connectivity index (χ2n) is 3.71. The summed E-state index contributed by atoms with van der Waals surface area (Å²) in [6.45, 7) is 2.69. The Kier molecular flexibility index (Phi) is 4.27. The first-order valence-electron chi connectivity index (χ1n) is 4.87. The topological polar surface area (TPSA) is 44.1 Å². The summed E-state index contributed by atoms with van der Waals surface area (Å²) < 4.78 is 0. The number of hydrogen-bond acceptors (Lipinski definition) is 3. The van der Waals surface area contributed by atoms with Gasteiger partial charge in [0.15, 0.2) is 0 Å². The average molecular weight is 212 g/mol. The fraction of sp³-hybridized carbons (Fsp3) is 0.800. The summed E-state index contributed by atoms with van der Waals surface area (Å²) in [5.41, 5.74) is 0. The van der Waals surface area contributed by atoms with Gasteiger partial charge in [-0.25, -0.2) is 0 Å². The summed E-state index contributed by atoms with van der Waals surface area (Å²) >= 11 is 1.79. The lowest BCUT2D eigenvalue weighted by atomic mass is 10.1. The number of nitriles is 1. The predicted molar refractivity (Wildman–Crippen MR) is 57.9 cm³/mol. The molecule has 4 heteroatoms. The van der Waals surface area contributed by atoms with Crippen LogP contribution in [-0.2, 0) is 4.79 Å². The van der Waals surface area contributed by atoms with E-state index in [9.17, 15) is 4.79 Å². The third-order valence-electron chi connectivity index (χ3n) is 2.61. The van der Waals surface area contributed by atoms with Crippen LogP contribution < -0.4 is 0 Å². The first kappa shape index (κ1) is 11.4. The fourth-order valence-electron chi connectivity index (χ4n) is 1.69. The Bertz CT molecular complexity index is 249. The predicted octanol–water partition coefficient (Wildman–Crippen LogP) is 1.50.